The molecule has 3 aliphatic rings. The van der Waals surface area contributed by atoms with Crippen molar-refractivity contribution in [1.82, 2.24) is 19.9 Å². The fraction of sp³-hybridized carbons (Fsp3) is 0.435. The summed E-state index contributed by atoms with van der Waals surface area (Å²) in [6.45, 7) is 3.34. The van der Waals surface area contributed by atoms with Gasteiger partial charge in [0.15, 0.2) is 15.6 Å². The van der Waals surface area contributed by atoms with Crippen molar-refractivity contribution in [2.75, 3.05) is 23.4 Å². The number of carbonyl (C=O) groups is 1. The van der Waals surface area contributed by atoms with E-state index in [9.17, 15) is 4.79 Å². The van der Waals surface area contributed by atoms with Crippen LogP contribution in [0.5, 0.6) is 0 Å². The third kappa shape index (κ3) is 3.70. The van der Waals surface area contributed by atoms with Gasteiger partial charge in [0.1, 0.15) is 5.69 Å². The monoisotopic (exact) mass is 446 g/mol. The number of nitrogens with one attached hydrogen (secondary N) is 1. The van der Waals surface area contributed by atoms with Gasteiger partial charge in [-0.2, -0.15) is 4.98 Å². The first-order chi connectivity index (χ1) is 15.6. The molecule has 2 atom stereocenters. The molecule has 2 aliphatic heterocycles. The highest BCUT2D eigenvalue weighted by Gasteiger charge is 2.39. The molecule has 1 aliphatic carbocycles. The number of amides is 1. The first-order valence-corrected chi connectivity index (χ1v) is 11.7. The van der Waals surface area contributed by atoms with Crippen LogP contribution >= 0.6 is 11.3 Å². The fourth-order valence-corrected chi connectivity index (χ4v) is 5.15. The molecule has 3 aromatic heterocycles. The summed E-state index contributed by atoms with van der Waals surface area (Å²) in [7, 11) is 0. The smallest absolute Gasteiger partial charge is 0.261 e. The molecule has 9 heteroatoms. The van der Waals surface area contributed by atoms with E-state index in [0.717, 1.165) is 24.2 Å². The summed E-state index contributed by atoms with van der Waals surface area (Å²) >= 11 is 1.30. The molecule has 162 valence electrons. The number of thiazole rings is 1. The van der Waals surface area contributed by atoms with Gasteiger partial charge in [-0.25, -0.2) is 9.97 Å². The van der Waals surface area contributed by atoms with Gasteiger partial charge >= 0.3 is 0 Å². The molecule has 0 radical (unpaired) electrons. The molecular formula is C23H22N6O2S. The van der Waals surface area contributed by atoms with Gasteiger partial charge in [-0.15, -0.1) is 0 Å². The quantitative estimate of drug-likeness (QED) is 0.618. The van der Waals surface area contributed by atoms with Gasteiger partial charge in [-0.3, -0.25) is 15.1 Å². The SMILES string of the molecule is Cc1cc(N2C3CCC2COC3)c(C(=O)Nc2nc3ncc(C#CC4CC4)nc3s2)cn1. The van der Waals surface area contributed by atoms with Crippen molar-refractivity contribution in [2.24, 2.45) is 5.92 Å². The Morgan fingerprint density at radius 1 is 1.16 bits per heavy atom. The van der Waals surface area contributed by atoms with E-state index in [0.29, 0.717) is 58.1 Å². The van der Waals surface area contributed by atoms with E-state index in [1.807, 2.05) is 13.0 Å². The topological polar surface area (TPSA) is 93.1 Å². The normalized spacial score (nSPS) is 22.0. The number of pyridine rings is 1. The lowest BCUT2D eigenvalue weighted by Gasteiger charge is -2.37. The van der Waals surface area contributed by atoms with Crippen LogP contribution in [0.3, 0.4) is 0 Å². The van der Waals surface area contributed by atoms with Crippen molar-refractivity contribution in [2.45, 2.75) is 44.7 Å². The lowest BCUT2D eigenvalue weighted by atomic mass is 10.1. The van der Waals surface area contributed by atoms with E-state index in [-0.39, 0.29) is 5.91 Å². The number of anilines is 2. The van der Waals surface area contributed by atoms with Crippen LogP contribution in [0.1, 0.15) is 47.4 Å². The standard InChI is InChI=1S/C23H22N6O2S/c1-13-8-19(29-16-6-7-17(29)12-31-11-16)18(10-24-13)21(30)28-23-27-20-22(32-23)26-15(9-25-20)5-4-14-2-3-14/h8-10,14,16-17H,2-3,6-7,11-12H2,1H3,(H,25,27,28,30). The second-order valence-corrected chi connectivity index (χ2v) is 9.55. The van der Waals surface area contributed by atoms with Gasteiger partial charge < -0.3 is 9.64 Å². The van der Waals surface area contributed by atoms with E-state index in [4.69, 9.17) is 4.74 Å². The van der Waals surface area contributed by atoms with Crippen LogP contribution in [0.4, 0.5) is 10.8 Å². The highest BCUT2D eigenvalue weighted by atomic mass is 32.1. The molecule has 2 bridgehead atoms. The minimum absolute atomic E-state index is 0.230. The maximum atomic E-state index is 13.2. The molecule has 3 aromatic rings. The molecule has 8 nitrogen and oxygen atoms in total. The predicted molar refractivity (Wildman–Crippen MR) is 122 cm³/mol. The van der Waals surface area contributed by atoms with Crippen LogP contribution < -0.4 is 10.2 Å². The Bertz CT molecular complexity index is 1260. The van der Waals surface area contributed by atoms with E-state index >= 15 is 0 Å². The van der Waals surface area contributed by atoms with Crippen molar-refractivity contribution in [1.29, 1.82) is 0 Å². The Morgan fingerprint density at radius 3 is 2.75 bits per heavy atom. The first-order valence-electron chi connectivity index (χ1n) is 10.9. The minimum atomic E-state index is -0.230. The highest BCUT2D eigenvalue weighted by molar-refractivity contribution is 7.21. The number of hydrogen-bond donors (Lipinski definition) is 1. The minimum Gasteiger partial charge on any atom is -0.377 e. The summed E-state index contributed by atoms with van der Waals surface area (Å²) in [5.74, 6) is 6.55. The van der Waals surface area contributed by atoms with Crippen molar-refractivity contribution in [3.05, 3.63) is 35.4 Å². The molecule has 5 heterocycles. The average Bonchev–Trinajstić information content (AvgIpc) is 3.48. The van der Waals surface area contributed by atoms with Gasteiger partial charge in [0.05, 0.1) is 42.7 Å². The molecule has 2 unspecified atom stereocenters. The number of carbonyl (C=O) groups excluding carboxylic acids is 1. The van der Waals surface area contributed by atoms with Crippen molar-refractivity contribution in [3.8, 4) is 11.8 Å². The third-order valence-corrected chi connectivity index (χ3v) is 6.96. The maximum absolute atomic E-state index is 13.2. The largest absolute Gasteiger partial charge is 0.377 e. The molecule has 1 amide bonds. The van der Waals surface area contributed by atoms with Gasteiger partial charge in [0, 0.05) is 17.8 Å². The van der Waals surface area contributed by atoms with E-state index in [1.165, 1.54) is 24.2 Å². The van der Waals surface area contributed by atoms with Crippen LogP contribution in [0.15, 0.2) is 18.5 Å². The van der Waals surface area contributed by atoms with Crippen molar-refractivity contribution in [3.63, 3.8) is 0 Å². The molecule has 6 rings (SSSR count). The van der Waals surface area contributed by atoms with Crippen LogP contribution in [-0.4, -0.2) is 51.1 Å². The number of rotatable bonds is 3. The lowest BCUT2D eigenvalue weighted by molar-refractivity contribution is 0.0901. The van der Waals surface area contributed by atoms with E-state index in [2.05, 4.69) is 42.0 Å². The number of morpholine rings is 1. The Hall–Kier alpha value is -3.09. The fourth-order valence-electron chi connectivity index (χ4n) is 4.36. The molecule has 1 N–H and O–H groups in total. The summed E-state index contributed by atoms with van der Waals surface area (Å²) in [4.78, 5) is 34.0. The molecular weight excluding hydrogens is 424 g/mol. The average molecular weight is 447 g/mol. The summed E-state index contributed by atoms with van der Waals surface area (Å²) < 4.78 is 5.72. The number of nitrogens with zero attached hydrogens (tertiary/aromatic N) is 5. The summed E-state index contributed by atoms with van der Waals surface area (Å²) in [6, 6.07) is 2.60. The summed E-state index contributed by atoms with van der Waals surface area (Å²) in [5, 5.41) is 3.40. The molecule has 1 saturated carbocycles. The Kier molecular flexibility index (Phi) is 4.77. The maximum Gasteiger partial charge on any atom is 0.261 e. The summed E-state index contributed by atoms with van der Waals surface area (Å²) in [5.41, 5.74) is 3.50. The Labute approximate surface area is 189 Å². The molecule has 32 heavy (non-hydrogen) atoms. The zero-order valence-corrected chi connectivity index (χ0v) is 18.5. The number of hydrogen-bond acceptors (Lipinski definition) is 8. The zero-order valence-electron chi connectivity index (χ0n) is 17.7. The van der Waals surface area contributed by atoms with Gasteiger partial charge in [0.25, 0.3) is 5.91 Å². The molecule has 0 spiro atoms. The molecule has 0 aromatic carbocycles. The first kappa shape index (κ1) is 19.6. The Balaban J connectivity index is 1.27. The van der Waals surface area contributed by atoms with Gasteiger partial charge in [-0.05, 0) is 44.6 Å². The Morgan fingerprint density at radius 2 is 1.97 bits per heavy atom. The molecule has 3 fully saturated rings. The van der Waals surface area contributed by atoms with Crippen LogP contribution in [0, 0.1) is 24.7 Å². The number of ether oxygens (including phenoxy) is 1. The molecule has 2 saturated heterocycles. The third-order valence-electron chi connectivity index (χ3n) is 6.11. The predicted octanol–water partition coefficient (Wildman–Crippen LogP) is 3.17. The number of fused-ring (bicyclic) bond motifs is 3. The second-order valence-electron chi connectivity index (χ2n) is 8.57. The lowest BCUT2D eigenvalue weighted by Crippen LogP contribution is -2.46. The zero-order chi connectivity index (χ0) is 21.7. The van der Waals surface area contributed by atoms with Crippen molar-refractivity contribution >= 4 is 38.5 Å². The number of aromatic nitrogens is 4. The summed E-state index contributed by atoms with van der Waals surface area (Å²) in [6.07, 6.45) is 7.79. The van der Waals surface area contributed by atoms with E-state index in [1.54, 1.807) is 12.4 Å². The van der Waals surface area contributed by atoms with E-state index < -0.39 is 0 Å². The second kappa shape index (κ2) is 7.80. The number of aryl methyl sites for hydroxylation is 1. The van der Waals surface area contributed by atoms with Crippen LogP contribution in [-0.2, 0) is 4.74 Å². The van der Waals surface area contributed by atoms with Crippen LogP contribution in [0.25, 0.3) is 10.5 Å². The highest BCUT2D eigenvalue weighted by Crippen LogP contribution is 2.36. The van der Waals surface area contributed by atoms with Crippen molar-refractivity contribution < 1.29 is 9.53 Å². The van der Waals surface area contributed by atoms with Gasteiger partial charge in [0.2, 0.25) is 0 Å². The van der Waals surface area contributed by atoms with Crippen LogP contribution in [0.2, 0.25) is 0 Å². The van der Waals surface area contributed by atoms with Gasteiger partial charge in [-0.1, -0.05) is 17.3 Å².